The van der Waals surface area contributed by atoms with Crippen LogP contribution in [-0.2, 0) is 29.9 Å². The molecular formula is C25H33IN4O2. The van der Waals surface area contributed by atoms with Crippen molar-refractivity contribution >= 4 is 28.5 Å². The van der Waals surface area contributed by atoms with E-state index in [4.69, 9.17) is 4.98 Å². The van der Waals surface area contributed by atoms with Gasteiger partial charge in [0.25, 0.3) is 0 Å². The monoisotopic (exact) mass is 548 g/mol. The maximum Gasteiger partial charge on any atom is 0.237 e. The molecule has 0 aliphatic carbocycles. The van der Waals surface area contributed by atoms with Crippen LogP contribution in [0.25, 0.3) is 0 Å². The second kappa shape index (κ2) is 9.75. The Morgan fingerprint density at radius 3 is 2.75 bits per heavy atom. The topological polar surface area (TPSA) is 68.7 Å². The van der Waals surface area contributed by atoms with Crippen molar-refractivity contribution in [3.63, 3.8) is 0 Å². The van der Waals surface area contributed by atoms with Gasteiger partial charge < -0.3 is 15.3 Å². The molecule has 2 aliphatic heterocycles. The second-order valence-corrected chi connectivity index (χ2v) is 10.4. The fraction of sp³-hybridized carbons (Fsp3) is 0.520. The number of rotatable bonds is 6. The molecule has 1 saturated heterocycles. The molecule has 32 heavy (non-hydrogen) atoms. The average molecular weight is 548 g/mol. The summed E-state index contributed by atoms with van der Waals surface area (Å²) in [5, 5.41) is 13.5. The zero-order chi connectivity index (χ0) is 22.9. The number of halogens is 1. The summed E-state index contributed by atoms with van der Waals surface area (Å²) in [6.07, 6.45) is 0.724. The molecule has 7 heteroatoms. The Balaban J connectivity index is 1.57. The first-order valence-corrected chi connectivity index (χ1v) is 12.9. The number of alkyl halides is 1. The van der Waals surface area contributed by atoms with Crippen molar-refractivity contribution in [2.75, 3.05) is 24.1 Å². The highest BCUT2D eigenvalue weighted by molar-refractivity contribution is 14.1. The van der Waals surface area contributed by atoms with Crippen molar-refractivity contribution in [3.8, 4) is 0 Å². The zero-order valence-corrected chi connectivity index (χ0v) is 21.3. The molecule has 2 aliphatic rings. The van der Waals surface area contributed by atoms with Gasteiger partial charge in [-0.1, -0.05) is 52.9 Å². The van der Waals surface area contributed by atoms with Gasteiger partial charge in [-0.3, -0.25) is 14.7 Å². The molecular weight excluding hydrogens is 515 g/mol. The van der Waals surface area contributed by atoms with E-state index >= 15 is 0 Å². The minimum Gasteiger partial charge on any atom is -0.390 e. The molecule has 0 spiro atoms. The summed E-state index contributed by atoms with van der Waals surface area (Å²) >= 11 is 2.41. The van der Waals surface area contributed by atoms with Crippen LogP contribution in [0, 0.1) is 0 Å². The van der Waals surface area contributed by atoms with E-state index in [1.165, 1.54) is 5.56 Å². The van der Waals surface area contributed by atoms with Crippen molar-refractivity contribution in [2.45, 2.75) is 58.0 Å². The van der Waals surface area contributed by atoms with E-state index in [2.05, 4.69) is 71.8 Å². The van der Waals surface area contributed by atoms with Crippen LogP contribution in [0.5, 0.6) is 0 Å². The van der Waals surface area contributed by atoms with Gasteiger partial charge in [0.05, 0.1) is 30.1 Å². The summed E-state index contributed by atoms with van der Waals surface area (Å²) in [4.78, 5) is 22.6. The van der Waals surface area contributed by atoms with Gasteiger partial charge >= 0.3 is 0 Å². The fourth-order valence-corrected chi connectivity index (χ4v) is 5.80. The summed E-state index contributed by atoms with van der Waals surface area (Å²) in [5.74, 6) is 0.145. The van der Waals surface area contributed by atoms with Crippen LogP contribution in [0.2, 0.25) is 0 Å². The number of aromatic nitrogens is 1. The largest absolute Gasteiger partial charge is 0.390 e. The van der Waals surface area contributed by atoms with Gasteiger partial charge in [0.2, 0.25) is 5.91 Å². The van der Waals surface area contributed by atoms with Gasteiger partial charge in [-0.05, 0) is 49.9 Å². The summed E-state index contributed by atoms with van der Waals surface area (Å²) in [6.45, 7) is 9.01. The van der Waals surface area contributed by atoms with Crippen LogP contribution in [-0.4, -0.2) is 61.9 Å². The third-order valence-electron chi connectivity index (χ3n) is 6.78. The number of hydrogen-bond donors (Lipinski definition) is 2. The molecule has 1 aromatic heterocycles. The van der Waals surface area contributed by atoms with Crippen LogP contribution < -0.4 is 5.32 Å². The number of hydrogen-bond acceptors (Lipinski definition) is 5. The first-order valence-electron chi connectivity index (χ1n) is 11.3. The third kappa shape index (κ3) is 4.71. The molecule has 2 N–H and O–H groups in total. The van der Waals surface area contributed by atoms with Crippen molar-refractivity contribution in [1.29, 1.82) is 0 Å². The van der Waals surface area contributed by atoms with Gasteiger partial charge in [0.1, 0.15) is 0 Å². The molecule has 1 aromatic carbocycles. The molecule has 2 atom stereocenters. The summed E-state index contributed by atoms with van der Waals surface area (Å²) in [6, 6.07) is 13.1. The average Bonchev–Trinajstić information content (AvgIpc) is 3.04. The molecule has 0 radical (unpaired) electrons. The van der Waals surface area contributed by atoms with Crippen LogP contribution >= 0.6 is 22.6 Å². The lowest BCUT2D eigenvalue weighted by Gasteiger charge is -2.40. The van der Waals surface area contributed by atoms with E-state index in [1.54, 1.807) is 0 Å². The van der Waals surface area contributed by atoms with Gasteiger partial charge in [0.15, 0.2) is 0 Å². The standard InChI is InChI=1S/C25H33IN4O2/c1-17-13-29(21(11-26)12-27-17)15-23(32)30-14-20-10-19(9-18-7-5-4-6-8-18)22(16-31)28-24(20)25(30,2)3/h4-8,10,17,21,27,31H,9,11-16H2,1-3H3/t17-,21+/m1/s1. The number of carbonyl (C=O) groups excluding carboxylic acids is 1. The molecule has 1 amide bonds. The van der Waals surface area contributed by atoms with Gasteiger partial charge in [0, 0.05) is 36.1 Å². The maximum atomic E-state index is 13.5. The van der Waals surface area contributed by atoms with Gasteiger partial charge in [-0.2, -0.15) is 0 Å². The molecule has 172 valence electrons. The lowest BCUT2D eigenvalue weighted by Crippen LogP contribution is -2.58. The van der Waals surface area contributed by atoms with Crippen molar-refractivity contribution in [3.05, 3.63) is 64.5 Å². The molecule has 0 bridgehead atoms. The number of aliphatic hydroxyl groups excluding tert-OH is 1. The Labute approximate surface area is 204 Å². The minimum absolute atomic E-state index is 0.102. The molecule has 0 saturated carbocycles. The Hall–Kier alpha value is -1.55. The number of carbonyl (C=O) groups is 1. The smallest absolute Gasteiger partial charge is 0.237 e. The number of amides is 1. The summed E-state index contributed by atoms with van der Waals surface area (Å²) in [7, 11) is 0. The summed E-state index contributed by atoms with van der Waals surface area (Å²) < 4.78 is 0.999. The van der Waals surface area contributed by atoms with Gasteiger partial charge in [-0.25, -0.2) is 0 Å². The number of fused-ring (bicyclic) bond motifs is 1. The lowest BCUT2D eigenvalue weighted by molar-refractivity contribution is -0.138. The maximum absolute atomic E-state index is 13.5. The Morgan fingerprint density at radius 1 is 1.31 bits per heavy atom. The van der Waals surface area contributed by atoms with Crippen molar-refractivity contribution < 1.29 is 9.90 Å². The molecule has 3 heterocycles. The van der Waals surface area contributed by atoms with Crippen LogP contribution in [0.3, 0.4) is 0 Å². The molecule has 1 fully saturated rings. The lowest BCUT2D eigenvalue weighted by atomic mass is 9.95. The van der Waals surface area contributed by atoms with E-state index in [9.17, 15) is 9.90 Å². The predicted molar refractivity (Wildman–Crippen MR) is 135 cm³/mol. The highest BCUT2D eigenvalue weighted by Gasteiger charge is 2.43. The number of pyridine rings is 1. The first-order chi connectivity index (χ1) is 15.3. The fourth-order valence-electron chi connectivity index (χ4n) is 4.93. The van der Waals surface area contributed by atoms with Crippen LogP contribution in [0.15, 0.2) is 36.4 Å². The molecule has 4 rings (SSSR count). The Morgan fingerprint density at radius 2 is 2.06 bits per heavy atom. The van der Waals surface area contributed by atoms with Crippen molar-refractivity contribution in [2.24, 2.45) is 0 Å². The van der Waals surface area contributed by atoms with E-state index < -0.39 is 5.54 Å². The first kappa shape index (κ1) is 23.6. The zero-order valence-electron chi connectivity index (χ0n) is 19.1. The Kier molecular flexibility index (Phi) is 7.19. The number of benzene rings is 1. The second-order valence-electron chi connectivity index (χ2n) is 9.51. The van der Waals surface area contributed by atoms with E-state index in [0.717, 1.165) is 40.8 Å². The Bertz CT molecular complexity index is 966. The molecule has 0 unspecified atom stereocenters. The van der Waals surface area contributed by atoms with E-state index in [0.29, 0.717) is 30.9 Å². The normalized spacial score (nSPS) is 22.7. The van der Waals surface area contributed by atoms with Crippen molar-refractivity contribution in [1.82, 2.24) is 20.1 Å². The van der Waals surface area contributed by atoms with Gasteiger partial charge in [-0.15, -0.1) is 0 Å². The highest BCUT2D eigenvalue weighted by atomic mass is 127. The predicted octanol–water partition coefficient (Wildman–Crippen LogP) is 2.84. The minimum atomic E-state index is -0.499. The van der Waals surface area contributed by atoms with E-state index in [1.807, 2.05) is 23.1 Å². The van der Waals surface area contributed by atoms with Crippen LogP contribution in [0.4, 0.5) is 0 Å². The summed E-state index contributed by atoms with van der Waals surface area (Å²) in [5.41, 5.74) is 4.42. The number of piperazine rings is 1. The highest BCUT2D eigenvalue weighted by Crippen LogP contribution is 2.39. The van der Waals surface area contributed by atoms with E-state index in [-0.39, 0.29) is 12.5 Å². The quantitative estimate of drug-likeness (QED) is 0.430. The number of nitrogens with zero attached hydrogens (tertiary/aromatic N) is 3. The third-order valence-corrected chi connectivity index (χ3v) is 7.80. The number of nitrogens with one attached hydrogen (secondary N) is 1. The SMILES string of the molecule is C[C@@H]1CN(CC(=O)N2Cc3cc(Cc4ccccc4)c(CO)nc3C2(C)C)[C@@H](CI)CN1. The van der Waals surface area contributed by atoms with Crippen LogP contribution in [0.1, 0.15) is 48.8 Å². The molecule has 6 nitrogen and oxygen atoms in total. The molecule has 2 aromatic rings. The number of aliphatic hydroxyl groups is 1.